The summed E-state index contributed by atoms with van der Waals surface area (Å²) in [6.07, 6.45) is 0. The van der Waals surface area contributed by atoms with Crippen LogP contribution in [0.25, 0.3) is 55.6 Å². The number of hydrogen-bond acceptors (Lipinski definition) is 8. The summed E-state index contributed by atoms with van der Waals surface area (Å²) < 4.78 is 0.793. The summed E-state index contributed by atoms with van der Waals surface area (Å²) in [5.41, 5.74) is 13.4. The molecular weight excluding hydrogens is 1260 g/mol. The number of nitriles is 2. The van der Waals surface area contributed by atoms with Crippen LogP contribution in [0.2, 0.25) is 0 Å². The number of phenols is 2. The van der Waals surface area contributed by atoms with Crippen molar-refractivity contribution in [3.63, 3.8) is 0 Å². The molecule has 87 heavy (non-hydrogen) atoms. The van der Waals surface area contributed by atoms with Crippen LogP contribution in [0.4, 0.5) is 0 Å². The van der Waals surface area contributed by atoms with Gasteiger partial charge in [0.2, 0.25) is 0 Å². The number of nitrogens with zero attached hydrogens (tertiary/aromatic N) is 2. The molecular formula is C73H61BBrN2O8PPd. The molecule has 0 atom stereocenters. The van der Waals surface area contributed by atoms with Crippen molar-refractivity contribution in [3.8, 4) is 79.3 Å². The molecule has 11 aromatic carbocycles. The molecule has 0 radical (unpaired) electrons. The Labute approximate surface area is 531 Å². The second-order valence-electron chi connectivity index (χ2n) is 18.9. The van der Waals surface area contributed by atoms with Crippen molar-refractivity contribution in [3.05, 3.63) is 300 Å². The summed E-state index contributed by atoms with van der Waals surface area (Å²) >= 11 is 3.17. The van der Waals surface area contributed by atoms with Crippen molar-refractivity contribution in [1.29, 1.82) is 10.5 Å². The van der Waals surface area contributed by atoms with Crippen molar-refractivity contribution in [2.75, 3.05) is 0 Å². The molecule has 6 N–H and O–H groups in total. The Morgan fingerprint density at radius 3 is 1.13 bits per heavy atom. The van der Waals surface area contributed by atoms with Gasteiger partial charge in [-0.05, 0) is 134 Å². The molecule has 11 aromatic rings. The number of carboxylic acid groups (broad SMARTS) is 2. The first kappa shape index (κ1) is 68.3. The number of aliphatic carboxylic acids is 2. The van der Waals surface area contributed by atoms with Crippen LogP contribution in [-0.4, -0.2) is 49.5 Å². The monoisotopic (exact) mass is 1320 g/mol. The first-order valence-electron chi connectivity index (χ1n) is 26.9. The molecule has 0 aliphatic heterocycles. The molecule has 0 aromatic heterocycles. The van der Waals surface area contributed by atoms with E-state index in [-0.39, 0.29) is 43.0 Å². The third-order valence-corrected chi connectivity index (χ3v) is 15.7. The molecule has 0 spiro atoms. The maximum Gasteiger partial charge on any atom is 0.488 e. The molecule has 0 saturated carbocycles. The second kappa shape index (κ2) is 35.7. The van der Waals surface area contributed by atoms with Gasteiger partial charge in [0.15, 0.2) is 0 Å². The van der Waals surface area contributed by atoms with E-state index in [0.717, 1.165) is 57.3 Å². The molecule has 0 bridgehead atoms. The summed E-state index contributed by atoms with van der Waals surface area (Å²) in [7, 11) is -1.90. The van der Waals surface area contributed by atoms with Gasteiger partial charge >= 0.3 is 7.12 Å². The fourth-order valence-corrected chi connectivity index (χ4v) is 11.3. The summed E-state index contributed by atoms with van der Waals surface area (Å²) in [6, 6.07) is 96.8. The topological polar surface area (TPSA) is 203 Å². The normalized spacial score (nSPS) is 9.76. The number of rotatable bonds is 9. The molecule has 14 heteroatoms. The number of aromatic hydroxyl groups is 2. The maximum absolute atomic E-state index is 9.71. The molecule has 0 aliphatic carbocycles. The molecule has 11 rings (SSSR count). The fourth-order valence-electron chi connectivity index (χ4n) is 8.53. The van der Waals surface area contributed by atoms with Crippen molar-refractivity contribution in [1.82, 2.24) is 0 Å². The number of benzene rings is 11. The summed E-state index contributed by atoms with van der Waals surface area (Å²) in [4.78, 5) is 18.0. The SMILES string of the molecule is CC(=O)O.CC(=O)O.Cc1ccccc1P(c1ccccc1)c1ccccc1.N#Cc1cc(-c2cccc(-c3ccc(-c4ccccc4)cc3)c2)ccc1O.N#Cc1cc(Br)ccc1O.OB(O)c1cccc(-c2ccc(-c3ccccc3)cc2)c1.[Pd]. The summed E-state index contributed by atoms with van der Waals surface area (Å²) in [5.74, 6) is -1.64. The van der Waals surface area contributed by atoms with E-state index in [1.54, 1.807) is 36.4 Å². The van der Waals surface area contributed by atoms with E-state index >= 15 is 0 Å². The van der Waals surface area contributed by atoms with E-state index in [9.17, 15) is 15.2 Å². The smallest absolute Gasteiger partial charge is 0.488 e. The van der Waals surface area contributed by atoms with E-state index in [0.29, 0.717) is 5.46 Å². The fraction of sp³-hybridized carbons (Fsp3) is 0.0411. The molecule has 0 fully saturated rings. The molecule has 436 valence electrons. The van der Waals surface area contributed by atoms with Gasteiger partial charge in [-0.3, -0.25) is 9.59 Å². The quantitative estimate of drug-likeness (QED) is 0.0596. The van der Waals surface area contributed by atoms with Gasteiger partial charge in [-0.1, -0.05) is 259 Å². The van der Waals surface area contributed by atoms with E-state index in [4.69, 9.17) is 35.4 Å². The number of hydrogen-bond donors (Lipinski definition) is 6. The van der Waals surface area contributed by atoms with Gasteiger partial charge in [0, 0.05) is 38.7 Å². The molecule has 0 heterocycles. The molecule has 0 saturated heterocycles. The average molecular weight is 1320 g/mol. The Morgan fingerprint density at radius 1 is 0.402 bits per heavy atom. The zero-order valence-corrected chi connectivity index (χ0v) is 51.7. The Kier molecular flexibility index (Phi) is 28.0. The number of halogens is 1. The number of carboxylic acids is 2. The third-order valence-electron chi connectivity index (χ3n) is 12.6. The van der Waals surface area contributed by atoms with E-state index in [1.165, 1.54) is 44.2 Å². The van der Waals surface area contributed by atoms with E-state index < -0.39 is 27.0 Å². The van der Waals surface area contributed by atoms with Crippen LogP contribution in [0.1, 0.15) is 30.5 Å². The predicted octanol–water partition coefficient (Wildman–Crippen LogP) is 14.9. The predicted molar refractivity (Wildman–Crippen MR) is 353 cm³/mol. The zero-order valence-electron chi connectivity index (χ0n) is 47.7. The molecule has 0 amide bonds. The van der Waals surface area contributed by atoms with Crippen molar-refractivity contribution in [2.45, 2.75) is 20.8 Å². The minimum Gasteiger partial charge on any atom is -0.507 e. The second-order valence-corrected chi connectivity index (χ2v) is 22.0. The number of phenolic OH excluding ortho intramolecular Hbond substituents is 2. The van der Waals surface area contributed by atoms with Crippen LogP contribution in [0.5, 0.6) is 11.5 Å². The zero-order chi connectivity index (χ0) is 61.8. The van der Waals surface area contributed by atoms with Crippen LogP contribution >= 0.6 is 23.9 Å². The van der Waals surface area contributed by atoms with Crippen molar-refractivity contribution < 1.29 is 60.5 Å². The Balaban J connectivity index is 0.000000209. The van der Waals surface area contributed by atoms with Gasteiger partial charge in [0.25, 0.3) is 11.9 Å². The Hall–Kier alpha value is -9.50. The first-order chi connectivity index (χ1) is 41.5. The van der Waals surface area contributed by atoms with E-state index in [2.05, 4.69) is 181 Å². The van der Waals surface area contributed by atoms with Crippen LogP contribution in [0, 0.1) is 29.6 Å². The van der Waals surface area contributed by atoms with Crippen molar-refractivity contribution in [2.24, 2.45) is 0 Å². The minimum absolute atomic E-state index is 0. The van der Waals surface area contributed by atoms with Crippen LogP contribution in [0.3, 0.4) is 0 Å². The van der Waals surface area contributed by atoms with Gasteiger partial charge in [0.05, 0.1) is 11.1 Å². The maximum atomic E-state index is 9.71. The van der Waals surface area contributed by atoms with Gasteiger partial charge in [-0.2, -0.15) is 10.5 Å². The van der Waals surface area contributed by atoms with Crippen LogP contribution in [-0.2, 0) is 30.0 Å². The third kappa shape index (κ3) is 21.8. The van der Waals surface area contributed by atoms with Gasteiger partial charge < -0.3 is 30.5 Å². The molecule has 0 aliphatic rings. The van der Waals surface area contributed by atoms with Crippen LogP contribution < -0.4 is 21.4 Å². The number of aryl methyl sites for hydroxylation is 1. The summed E-state index contributed by atoms with van der Waals surface area (Å²) in [5, 5.41) is 73.8. The van der Waals surface area contributed by atoms with E-state index in [1.807, 2.05) is 91.0 Å². The van der Waals surface area contributed by atoms with Gasteiger partial charge in [-0.15, -0.1) is 0 Å². The van der Waals surface area contributed by atoms with Gasteiger partial charge in [-0.25, -0.2) is 0 Å². The standard InChI is InChI=1S/C25H17NO.C19H17P.C18H15BO2.C7H4BrNO.2C2H4O2.Pd/c26-17-24-16-23(13-14-25(24)27)22-8-4-7-21(15-22)20-11-9-19(10-12-20)18-5-2-1-3-6-18;1-16-10-8-9-15-19(16)20(17-11-4-2-5-12-17)18-13-6-3-7-14-18;20-19(21)18-8-4-7-17(13-18)16-11-9-15(10-12-16)14-5-2-1-3-6-14;8-6-1-2-7(10)5(3-6)4-9;2*1-2(3)4;/h1-16,27H;2-15H,1H3;1-13,20-21H;1-3,10H;2*1H3,(H,3,4);. The Morgan fingerprint density at radius 2 is 0.713 bits per heavy atom. The average Bonchev–Trinajstić information content (AvgIpc) is 2.40. The Bertz CT molecular complexity index is 3960. The molecule has 10 nitrogen and oxygen atoms in total. The minimum atomic E-state index is -1.44. The van der Waals surface area contributed by atoms with Crippen LogP contribution in [0.15, 0.2) is 284 Å². The largest absolute Gasteiger partial charge is 0.507 e. The number of carbonyl (C=O) groups is 2. The summed E-state index contributed by atoms with van der Waals surface area (Å²) in [6.45, 7) is 4.37. The van der Waals surface area contributed by atoms with Crippen molar-refractivity contribution >= 4 is 64.3 Å². The first-order valence-corrected chi connectivity index (χ1v) is 29.0. The van der Waals surface area contributed by atoms with Gasteiger partial charge in [0.1, 0.15) is 23.6 Å². The molecule has 0 unspecified atom stereocenters.